The van der Waals surface area contributed by atoms with Crippen molar-refractivity contribution in [3.05, 3.63) is 11.9 Å². The Bertz CT molecular complexity index is 471. The Hall–Kier alpha value is -2.49. The van der Waals surface area contributed by atoms with Gasteiger partial charge in [0.2, 0.25) is 5.91 Å². The second kappa shape index (κ2) is 7.06. The predicted octanol–water partition coefficient (Wildman–Crippen LogP) is -1.55. The van der Waals surface area contributed by atoms with Gasteiger partial charge in [-0.1, -0.05) is 5.21 Å². The summed E-state index contributed by atoms with van der Waals surface area (Å²) < 4.78 is 5.73. The van der Waals surface area contributed by atoms with Crippen LogP contribution in [0.15, 0.2) is 6.20 Å². The molecule has 0 aliphatic carbocycles. The molecule has 0 saturated heterocycles. The van der Waals surface area contributed by atoms with Gasteiger partial charge in [0.15, 0.2) is 5.69 Å². The fourth-order valence-corrected chi connectivity index (χ4v) is 1.10. The van der Waals surface area contributed by atoms with Crippen LogP contribution in [0.2, 0.25) is 0 Å². The monoisotopic (exact) mass is 271 g/mol. The van der Waals surface area contributed by atoms with Crippen LogP contribution in [0.1, 0.15) is 10.5 Å². The van der Waals surface area contributed by atoms with E-state index < -0.39 is 17.9 Å². The molecule has 3 amide bonds. The maximum Gasteiger partial charge on any atom is 0.358 e. The predicted molar refractivity (Wildman–Crippen MR) is 60.4 cm³/mol. The number of carboxylic acids is 1. The highest BCUT2D eigenvalue weighted by Crippen LogP contribution is 1.92. The Morgan fingerprint density at radius 1 is 1.47 bits per heavy atom. The third-order valence-electron chi connectivity index (χ3n) is 1.91. The summed E-state index contributed by atoms with van der Waals surface area (Å²) >= 11 is 0. The third-order valence-corrected chi connectivity index (χ3v) is 1.91. The number of rotatable bonds is 6. The molecule has 0 bridgehead atoms. The van der Waals surface area contributed by atoms with Crippen LogP contribution in [0.3, 0.4) is 0 Å². The van der Waals surface area contributed by atoms with Crippen LogP contribution in [-0.4, -0.2) is 58.3 Å². The summed E-state index contributed by atoms with van der Waals surface area (Å²) in [6.45, 7) is 0.284. The Balaban J connectivity index is 2.37. The largest absolute Gasteiger partial charge is 0.476 e. The molecule has 1 aromatic heterocycles. The molecule has 0 aromatic carbocycles. The highest BCUT2D eigenvalue weighted by molar-refractivity contribution is 5.94. The summed E-state index contributed by atoms with van der Waals surface area (Å²) in [6.07, 6.45) is 1.09. The normalized spacial score (nSPS) is 9.95. The molecule has 0 unspecified atom stereocenters. The molecular weight excluding hydrogens is 258 g/mol. The number of nitrogens with one attached hydrogen (secondary N) is 2. The SMILES string of the molecule is COCCNC(=O)NC(=O)Cn1cc(C(=O)O)nn1. The molecule has 1 rings (SSSR count). The minimum Gasteiger partial charge on any atom is -0.476 e. The minimum absolute atomic E-state index is 0.266. The number of amides is 3. The van der Waals surface area contributed by atoms with Gasteiger partial charge in [-0.3, -0.25) is 10.1 Å². The average molecular weight is 271 g/mol. The number of aromatic nitrogens is 3. The molecule has 1 heterocycles. The quantitative estimate of drug-likeness (QED) is 0.533. The molecular formula is C9H13N5O5. The molecule has 0 atom stereocenters. The maximum atomic E-state index is 11.4. The van der Waals surface area contributed by atoms with Gasteiger partial charge in [0.05, 0.1) is 12.8 Å². The summed E-state index contributed by atoms with van der Waals surface area (Å²) in [6, 6.07) is -0.666. The number of aromatic carboxylic acids is 1. The molecule has 0 saturated carbocycles. The first-order valence-electron chi connectivity index (χ1n) is 5.23. The van der Waals surface area contributed by atoms with Crippen molar-refractivity contribution in [2.75, 3.05) is 20.3 Å². The van der Waals surface area contributed by atoms with Gasteiger partial charge >= 0.3 is 12.0 Å². The Morgan fingerprint density at radius 2 is 2.21 bits per heavy atom. The molecule has 19 heavy (non-hydrogen) atoms. The lowest BCUT2D eigenvalue weighted by molar-refractivity contribution is -0.120. The van der Waals surface area contributed by atoms with Crippen molar-refractivity contribution < 1.29 is 24.2 Å². The first-order chi connectivity index (χ1) is 9.02. The number of imide groups is 1. The van der Waals surface area contributed by atoms with E-state index in [4.69, 9.17) is 9.84 Å². The van der Waals surface area contributed by atoms with E-state index in [1.165, 1.54) is 7.11 Å². The van der Waals surface area contributed by atoms with Crippen LogP contribution in [0.5, 0.6) is 0 Å². The molecule has 10 heteroatoms. The van der Waals surface area contributed by atoms with Crippen molar-refractivity contribution in [1.29, 1.82) is 0 Å². The molecule has 0 aliphatic rings. The molecule has 0 aliphatic heterocycles. The zero-order chi connectivity index (χ0) is 14.3. The van der Waals surface area contributed by atoms with Crippen molar-refractivity contribution in [1.82, 2.24) is 25.6 Å². The Labute approximate surface area is 107 Å². The molecule has 10 nitrogen and oxygen atoms in total. The van der Waals surface area contributed by atoms with Crippen molar-refractivity contribution in [3.63, 3.8) is 0 Å². The number of hydrogen-bond donors (Lipinski definition) is 3. The second-order valence-corrected chi connectivity index (χ2v) is 3.40. The first kappa shape index (κ1) is 14.6. The van der Waals surface area contributed by atoms with Crippen molar-refractivity contribution in [3.8, 4) is 0 Å². The lowest BCUT2D eigenvalue weighted by Crippen LogP contribution is -2.42. The van der Waals surface area contributed by atoms with E-state index in [1.54, 1.807) is 0 Å². The van der Waals surface area contributed by atoms with E-state index in [-0.39, 0.29) is 18.8 Å². The summed E-state index contributed by atoms with van der Waals surface area (Å²) in [5, 5.41) is 19.8. The van der Waals surface area contributed by atoms with Crippen molar-refractivity contribution in [2.24, 2.45) is 0 Å². The summed E-state index contributed by atoms with van der Waals surface area (Å²) in [4.78, 5) is 33.1. The van der Waals surface area contributed by atoms with E-state index >= 15 is 0 Å². The van der Waals surface area contributed by atoms with Crippen LogP contribution in [0.4, 0.5) is 4.79 Å². The lowest BCUT2D eigenvalue weighted by Gasteiger charge is -2.05. The number of nitrogens with zero attached hydrogens (tertiary/aromatic N) is 3. The third kappa shape index (κ3) is 5.12. The summed E-state index contributed by atoms with van der Waals surface area (Å²) in [7, 11) is 1.48. The number of urea groups is 1. The standard InChI is InChI=1S/C9H13N5O5/c1-19-3-2-10-9(18)11-7(15)5-14-4-6(8(16)17)12-13-14/h4H,2-3,5H2,1H3,(H,16,17)(H2,10,11,15,18). The van der Waals surface area contributed by atoms with Gasteiger partial charge in [0, 0.05) is 13.7 Å². The number of carboxylic acid groups (broad SMARTS) is 1. The van der Waals surface area contributed by atoms with E-state index in [2.05, 4.69) is 15.6 Å². The van der Waals surface area contributed by atoms with Crippen LogP contribution < -0.4 is 10.6 Å². The number of ether oxygens (including phenoxy) is 1. The van der Waals surface area contributed by atoms with Gasteiger partial charge in [-0.15, -0.1) is 5.10 Å². The van der Waals surface area contributed by atoms with Gasteiger partial charge in [-0.25, -0.2) is 14.3 Å². The topological polar surface area (TPSA) is 135 Å². The van der Waals surface area contributed by atoms with Crippen LogP contribution in [-0.2, 0) is 16.1 Å². The Morgan fingerprint density at radius 3 is 2.79 bits per heavy atom. The Kier molecular flexibility index (Phi) is 5.41. The summed E-state index contributed by atoms with van der Waals surface area (Å²) in [5.41, 5.74) is -0.280. The number of hydrogen-bond acceptors (Lipinski definition) is 6. The van der Waals surface area contributed by atoms with E-state index in [9.17, 15) is 14.4 Å². The van der Waals surface area contributed by atoms with Crippen LogP contribution in [0, 0.1) is 0 Å². The highest BCUT2D eigenvalue weighted by atomic mass is 16.5. The fraction of sp³-hybridized carbons (Fsp3) is 0.444. The zero-order valence-electron chi connectivity index (χ0n) is 10.1. The average Bonchev–Trinajstić information content (AvgIpc) is 2.77. The van der Waals surface area contributed by atoms with Crippen LogP contribution >= 0.6 is 0 Å². The minimum atomic E-state index is -1.25. The first-order valence-corrected chi connectivity index (χ1v) is 5.23. The van der Waals surface area contributed by atoms with E-state index in [1.807, 2.05) is 5.32 Å². The van der Waals surface area contributed by atoms with Gasteiger partial charge in [-0.05, 0) is 0 Å². The zero-order valence-corrected chi connectivity index (χ0v) is 10.1. The number of methoxy groups -OCH3 is 1. The number of carbonyl (C=O) groups is 3. The lowest BCUT2D eigenvalue weighted by atomic mass is 10.5. The molecule has 0 spiro atoms. The number of carbonyl (C=O) groups excluding carboxylic acids is 2. The highest BCUT2D eigenvalue weighted by Gasteiger charge is 2.12. The van der Waals surface area contributed by atoms with Crippen molar-refractivity contribution in [2.45, 2.75) is 6.54 Å². The second-order valence-electron chi connectivity index (χ2n) is 3.40. The van der Waals surface area contributed by atoms with E-state index in [0.29, 0.717) is 6.61 Å². The molecule has 3 N–H and O–H groups in total. The van der Waals surface area contributed by atoms with Gasteiger partial charge in [-0.2, -0.15) is 0 Å². The molecule has 104 valence electrons. The molecule has 0 fully saturated rings. The van der Waals surface area contributed by atoms with Gasteiger partial charge in [0.1, 0.15) is 6.54 Å². The van der Waals surface area contributed by atoms with E-state index in [0.717, 1.165) is 10.9 Å². The van der Waals surface area contributed by atoms with Crippen LogP contribution in [0.25, 0.3) is 0 Å². The van der Waals surface area contributed by atoms with Crippen molar-refractivity contribution >= 4 is 17.9 Å². The molecule has 1 aromatic rings. The van der Waals surface area contributed by atoms with Gasteiger partial charge < -0.3 is 15.2 Å². The molecule has 0 radical (unpaired) electrons. The van der Waals surface area contributed by atoms with Gasteiger partial charge in [0.25, 0.3) is 0 Å². The summed E-state index contributed by atoms with van der Waals surface area (Å²) in [5.74, 6) is -1.89. The fourth-order valence-electron chi connectivity index (χ4n) is 1.10. The maximum absolute atomic E-state index is 11.4. The smallest absolute Gasteiger partial charge is 0.358 e.